The van der Waals surface area contributed by atoms with Crippen molar-refractivity contribution in [1.82, 2.24) is 4.90 Å². The molecule has 0 saturated carbocycles. The van der Waals surface area contributed by atoms with E-state index in [-0.39, 0.29) is 17.3 Å². The normalized spacial score (nSPS) is 10.2. The molecular weight excluding hydrogens is 261 g/mol. The van der Waals surface area contributed by atoms with Crippen LogP contribution in [0.1, 0.15) is 20.3 Å². The van der Waals surface area contributed by atoms with E-state index < -0.39 is 5.82 Å². The van der Waals surface area contributed by atoms with Crippen molar-refractivity contribution in [2.75, 3.05) is 37.8 Å². The average molecular weight is 283 g/mol. The SMILES string of the molecule is CCN(CC)C(=O)CCNc1cc(OC)c(N)cc1F. The first-order valence-corrected chi connectivity index (χ1v) is 6.68. The van der Waals surface area contributed by atoms with Crippen LogP contribution < -0.4 is 15.8 Å². The van der Waals surface area contributed by atoms with E-state index in [1.54, 1.807) is 4.90 Å². The molecule has 1 amide bonds. The summed E-state index contributed by atoms with van der Waals surface area (Å²) in [6, 6.07) is 2.69. The van der Waals surface area contributed by atoms with E-state index in [9.17, 15) is 9.18 Å². The van der Waals surface area contributed by atoms with E-state index in [0.29, 0.717) is 31.8 Å². The quantitative estimate of drug-likeness (QED) is 0.752. The van der Waals surface area contributed by atoms with E-state index in [1.807, 2.05) is 13.8 Å². The zero-order valence-corrected chi connectivity index (χ0v) is 12.2. The first-order valence-electron chi connectivity index (χ1n) is 6.68. The van der Waals surface area contributed by atoms with Crippen molar-refractivity contribution in [3.63, 3.8) is 0 Å². The number of ether oxygens (including phenoxy) is 1. The highest BCUT2D eigenvalue weighted by atomic mass is 19.1. The number of benzene rings is 1. The minimum absolute atomic E-state index is 0.0466. The lowest BCUT2D eigenvalue weighted by Crippen LogP contribution is -2.31. The Morgan fingerprint density at radius 3 is 2.60 bits per heavy atom. The summed E-state index contributed by atoms with van der Waals surface area (Å²) in [5.41, 5.74) is 6.13. The van der Waals surface area contributed by atoms with Gasteiger partial charge in [-0.25, -0.2) is 4.39 Å². The molecule has 0 unspecified atom stereocenters. The van der Waals surface area contributed by atoms with Crippen molar-refractivity contribution in [3.05, 3.63) is 17.9 Å². The molecule has 0 atom stereocenters. The largest absolute Gasteiger partial charge is 0.495 e. The van der Waals surface area contributed by atoms with Crippen molar-refractivity contribution in [2.45, 2.75) is 20.3 Å². The maximum absolute atomic E-state index is 13.7. The number of carbonyl (C=O) groups excluding carboxylic acids is 1. The van der Waals surface area contributed by atoms with Crippen molar-refractivity contribution in [3.8, 4) is 5.75 Å². The van der Waals surface area contributed by atoms with Gasteiger partial charge in [-0.15, -0.1) is 0 Å². The summed E-state index contributed by atoms with van der Waals surface area (Å²) in [5, 5.41) is 2.89. The Morgan fingerprint density at radius 2 is 2.05 bits per heavy atom. The van der Waals surface area contributed by atoms with Gasteiger partial charge in [0.25, 0.3) is 0 Å². The number of hydrogen-bond acceptors (Lipinski definition) is 4. The Hall–Kier alpha value is -1.98. The van der Waals surface area contributed by atoms with Gasteiger partial charge in [-0.3, -0.25) is 4.79 Å². The van der Waals surface area contributed by atoms with Crippen molar-refractivity contribution < 1.29 is 13.9 Å². The second-order valence-corrected chi connectivity index (χ2v) is 4.32. The number of anilines is 2. The van der Waals surface area contributed by atoms with Crippen molar-refractivity contribution >= 4 is 17.3 Å². The lowest BCUT2D eigenvalue weighted by Gasteiger charge is -2.19. The summed E-state index contributed by atoms with van der Waals surface area (Å²) >= 11 is 0. The van der Waals surface area contributed by atoms with Crippen LogP contribution in [-0.2, 0) is 4.79 Å². The standard InChI is InChI=1S/C14H22FN3O2/c1-4-18(5-2)14(19)6-7-17-12-9-13(20-3)11(16)8-10(12)15/h8-9,17H,4-7,16H2,1-3H3. The van der Waals surface area contributed by atoms with Crippen molar-refractivity contribution in [2.24, 2.45) is 0 Å². The molecule has 0 aliphatic carbocycles. The number of methoxy groups -OCH3 is 1. The molecule has 6 heteroatoms. The molecule has 112 valence electrons. The minimum atomic E-state index is -0.460. The van der Waals surface area contributed by atoms with Crippen LogP contribution in [0.2, 0.25) is 0 Å². The molecule has 3 N–H and O–H groups in total. The van der Waals surface area contributed by atoms with Gasteiger partial charge in [0.05, 0.1) is 18.5 Å². The molecule has 5 nitrogen and oxygen atoms in total. The van der Waals surface area contributed by atoms with E-state index in [0.717, 1.165) is 0 Å². The Morgan fingerprint density at radius 1 is 1.40 bits per heavy atom. The Balaban J connectivity index is 2.60. The highest BCUT2D eigenvalue weighted by Gasteiger charge is 2.11. The summed E-state index contributed by atoms with van der Waals surface area (Å²) in [7, 11) is 1.47. The zero-order valence-electron chi connectivity index (χ0n) is 12.2. The minimum Gasteiger partial charge on any atom is -0.495 e. The molecular formula is C14H22FN3O2. The third kappa shape index (κ3) is 4.01. The first kappa shape index (κ1) is 16.1. The first-order chi connectivity index (χ1) is 9.53. The van der Waals surface area contributed by atoms with Crippen LogP contribution in [0.25, 0.3) is 0 Å². The maximum atomic E-state index is 13.7. The number of amides is 1. The number of nitrogens with zero attached hydrogens (tertiary/aromatic N) is 1. The molecule has 0 aromatic heterocycles. The zero-order chi connectivity index (χ0) is 15.1. The fourth-order valence-corrected chi connectivity index (χ4v) is 1.92. The van der Waals surface area contributed by atoms with Gasteiger partial charge in [-0.1, -0.05) is 0 Å². The lowest BCUT2D eigenvalue weighted by molar-refractivity contribution is -0.130. The summed E-state index contributed by atoms with van der Waals surface area (Å²) in [6.07, 6.45) is 0.313. The van der Waals surface area contributed by atoms with Gasteiger partial charge in [0.1, 0.15) is 11.6 Å². The Kier molecular flexibility index (Phi) is 6.09. The van der Waals surface area contributed by atoms with Gasteiger partial charge in [0.15, 0.2) is 0 Å². The molecule has 1 rings (SSSR count). The monoisotopic (exact) mass is 283 g/mol. The molecule has 0 fully saturated rings. The van der Waals surface area contributed by atoms with Crippen LogP contribution in [0.4, 0.5) is 15.8 Å². The smallest absolute Gasteiger partial charge is 0.224 e. The molecule has 0 aliphatic heterocycles. The molecule has 0 aliphatic rings. The number of hydrogen-bond donors (Lipinski definition) is 2. The highest BCUT2D eigenvalue weighted by Crippen LogP contribution is 2.28. The number of nitrogens with two attached hydrogens (primary N) is 1. The van der Waals surface area contributed by atoms with Crippen LogP contribution >= 0.6 is 0 Å². The maximum Gasteiger partial charge on any atom is 0.224 e. The molecule has 1 aromatic rings. The average Bonchev–Trinajstić information content (AvgIpc) is 2.42. The highest BCUT2D eigenvalue weighted by molar-refractivity contribution is 5.76. The van der Waals surface area contributed by atoms with Gasteiger partial charge in [-0.05, 0) is 13.8 Å². The second kappa shape index (κ2) is 7.57. The fourth-order valence-electron chi connectivity index (χ4n) is 1.92. The predicted molar refractivity (Wildman–Crippen MR) is 78.4 cm³/mol. The van der Waals surface area contributed by atoms with Gasteiger partial charge < -0.3 is 20.7 Å². The number of carbonyl (C=O) groups is 1. The van der Waals surface area contributed by atoms with Crippen LogP contribution in [0, 0.1) is 5.82 Å². The van der Waals surface area contributed by atoms with Gasteiger partial charge in [-0.2, -0.15) is 0 Å². The molecule has 0 saturated heterocycles. The van der Waals surface area contributed by atoms with Gasteiger partial charge in [0.2, 0.25) is 5.91 Å². The van der Waals surface area contributed by atoms with E-state index in [2.05, 4.69) is 5.32 Å². The summed E-state index contributed by atoms with van der Waals surface area (Å²) in [4.78, 5) is 13.5. The van der Waals surface area contributed by atoms with Crippen LogP contribution in [0.15, 0.2) is 12.1 Å². The molecule has 1 aromatic carbocycles. The van der Waals surface area contributed by atoms with E-state index >= 15 is 0 Å². The summed E-state index contributed by atoms with van der Waals surface area (Å²) < 4.78 is 18.7. The lowest BCUT2D eigenvalue weighted by atomic mass is 10.2. The number of nitrogens with one attached hydrogen (secondary N) is 1. The molecule has 0 radical (unpaired) electrons. The molecule has 0 heterocycles. The second-order valence-electron chi connectivity index (χ2n) is 4.32. The predicted octanol–water partition coefficient (Wildman–Crippen LogP) is 2.09. The van der Waals surface area contributed by atoms with Gasteiger partial charge in [0, 0.05) is 38.2 Å². The third-order valence-electron chi connectivity index (χ3n) is 3.09. The number of halogens is 1. The molecule has 0 spiro atoms. The topological polar surface area (TPSA) is 67.6 Å². The van der Waals surface area contributed by atoms with Gasteiger partial charge >= 0.3 is 0 Å². The van der Waals surface area contributed by atoms with Crippen molar-refractivity contribution in [1.29, 1.82) is 0 Å². The summed E-state index contributed by atoms with van der Waals surface area (Å²) in [5.74, 6) is -0.00660. The van der Waals surface area contributed by atoms with Crippen LogP contribution in [-0.4, -0.2) is 37.6 Å². The van der Waals surface area contributed by atoms with Crippen LogP contribution in [0.5, 0.6) is 5.75 Å². The Labute approximate surface area is 118 Å². The van der Waals surface area contributed by atoms with E-state index in [4.69, 9.17) is 10.5 Å². The molecule has 20 heavy (non-hydrogen) atoms. The van der Waals surface area contributed by atoms with Crippen LogP contribution in [0.3, 0.4) is 0 Å². The summed E-state index contributed by atoms with van der Waals surface area (Å²) in [6.45, 7) is 5.58. The van der Waals surface area contributed by atoms with E-state index in [1.165, 1.54) is 19.2 Å². The Bertz CT molecular complexity index is 462. The number of rotatable bonds is 7. The fraction of sp³-hybridized carbons (Fsp3) is 0.500. The molecule has 0 bridgehead atoms. The third-order valence-corrected chi connectivity index (χ3v) is 3.09. The number of nitrogen functional groups attached to an aromatic ring is 1.